The Morgan fingerprint density at radius 3 is 2.42 bits per heavy atom. The second-order valence-corrected chi connectivity index (χ2v) is 4.92. The number of hydrogen-bond donors (Lipinski definition) is 4. The van der Waals surface area contributed by atoms with Crippen LogP contribution >= 0.6 is 0 Å². The predicted molar refractivity (Wildman–Crippen MR) is 88.5 cm³/mol. The van der Waals surface area contributed by atoms with Crippen molar-refractivity contribution in [3.63, 3.8) is 0 Å². The van der Waals surface area contributed by atoms with Crippen LogP contribution in [0.5, 0.6) is 11.5 Å². The maximum absolute atomic E-state index is 12.0. The molecule has 26 heavy (non-hydrogen) atoms. The number of carbonyl (C=O) groups is 2. The van der Waals surface area contributed by atoms with Crippen molar-refractivity contribution in [1.29, 1.82) is 5.26 Å². The van der Waals surface area contributed by atoms with E-state index in [0.717, 1.165) is 0 Å². The average molecular weight is 359 g/mol. The molecule has 1 heterocycles. The summed E-state index contributed by atoms with van der Waals surface area (Å²) in [5, 5.41) is 27.4. The molecule has 0 bridgehead atoms. The number of ether oxygens (including phenoxy) is 2. The van der Waals surface area contributed by atoms with Gasteiger partial charge in [-0.15, -0.1) is 0 Å². The van der Waals surface area contributed by atoms with Gasteiger partial charge in [-0.1, -0.05) is 6.07 Å². The van der Waals surface area contributed by atoms with Crippen molar-refractivity contribution in [2.24, 2.45) is 0 Å². The summed E-state index contributed by atoms with van der Waals surface area (Å²) in [6, 6.07) is 5.77. The summed E-state index contributed by atoms with van der Waals surface area (Å²) >= 11 is 0. The van der Waals surface area contributed by atoms with Crippen LogP contribution in [0.3, 0.4) is 0 Å². The van der Waals surface area contributed by atoms with E-state index >= 15 is 0 Å². The van der Waals surface area contributed by atoms with Crippen molar-refractivity contribution in [3.05, 3.63) is 39.7 Å². The topological polar surface area (TPSA) is 176 Å². The van der Waals surface area contributed by atoms with Gasteiger partial charge >= 0.3 is 11.9 Å². The first kappa shape index (κ1) is 18.3. The summed E-state index contributed by atoms with van der Waals surface area (Å²) in [7, 11) is 1.31. The van der Waals surface area contributed by atoms with Crippen molar-refractivity contribution in [3.8, 4) is 28.7 Å². The fraction of sp³-hybridized carbons (Fsp3) is 0.125. The van der Waals surface area contributed by atoms with Crippen LogP contribution in [-0.2, 0) is 0 Å². The van der Waals surface area contributed by atoms with E-state index in [1.807, 2.05) is 4.98 Å². The third kappa shape index (κ3) is 3.27. The number of H-pyrrole nitrogens is 1. The van der Waals surface area contributed by atoms with Crippen molar-refractivity contribution in [2.75, 3.05) is 19.5 Å². The Bertz CT molecular complexity index is 989. The SMILES string of the molecule is COc1cc(-c2c(C(=O)O)c(N)[nH]c(=O)c2C(=O)O)ccc1OCC#N. The Labute approximate surface area is 146 Å². The Morgan fingerprint density at radius 1 is 1.23 bits per heavy atom. The number of nitrogen functional groups attached to an aromatic ring is 1. The molecule has 10 heteroatoms. The van der Waals surface area contributed by atoms with Crippen LogP contribution in [0.15, 0.2) is 23.0 Å². The molecular weight excluding hydrogens is 346 g/mol. The molecule has 1 aromatic carbocycles. The molecule has 0 spiro atoms. The highest BCUT2D eigenvalue weighted by Gasteiger charge is 2.27. The zero-order chi connectivity index (χ0) is 19.4. The van der Waals surface area contributed by atoms with E-state index < -0.39 is 34.4 Å². The number of aromatic carboxylic acids is 2. The number of nitriles is 1. The van der Waals surface area contributed by atoms with Crippen LogP contribution in [0.25, 0.3) is 11.1 Å². The molecule has 2 aromatic rings. The molecule has 0 aliphatic carbocycles. The number of hydrogen-bond acceptors (Lipinski definition) is 7. The standard InChI is InChI=1S/C16H13N3O7/c1-25-9-6-7(2-3-8(9)26-5-4-17)10-11(15(21)22)13(18)19-14(20)12(10)16(23)24/h2-3,6H,5H2,1H3,(H,21,22)(H,23,24)(H3,18,19,20). The Balaban J connectivity index is 2.83. The monoisotopic (exact) mass is 359 g/mol. The highest BCUT2D eigenvalue weighted by Crippen LogP contribution is 2.36. The van der Waals surface area contributed by atoms with Crippen molar-refractivity contribution in [1.82, 2.24) is 4.98 Å². The molecule has 0 radical (unpaired) electrons. The maximum atomic E-state index is 12.0. The minimum atomic E-state index is -1.62. The molecule has 0 atom stereocenters. The normalized spacial score (nSPS) is 10.0. The molecule has 0 saturated carbocycles. The van der Waals surface area contributed by atoms with Crippen LogP contribution in [0, 0.1) is 11.3 Å². The number of nitrogens with zero attached hydrogens (tertiary/aromatic N) is 1. The summed E-state index contributed by atoms with van der Waals surface area (Å²) in [5.74, 6) is -3.31. The lowest BCUT2D eigenvalue weighted by atomic mass is 9.95. The number of nitrogens with one attached hydrogen (secondary N) is 1. The van der Waals surface area contributed by atoms with Gasteiger partial charge in [0.25, 0.3) is 5.56 Å². The molecule has 0 fully saturated rings. The maximum Gasteiger partial charge on any atom is 0.342 e. The highest BCUT2D eigenvalue weighted by molar-refractivity contribution is 6.07. The fourth-order valence-electron chi connectivity index (χ4n) is 2.39. The molecule has 5 N–H and O–H groups in total. The third-order valence-electron chi connectivity index (χ3n) is 3.42. The molecule has 0 saturated heterocycles. The van der Waals surface area contributed by atoms with Gasteiger partial charge < -0.3 is 30.4 Å². The first-order valence-corrected chi connectivity index (χ1v) is 7.02. The van der Waals surface area contributed by atoms with E-state index in [1.54, 1.807) is 6.07 Å². The number of nitrogens with two attached hydrogens (primary N) is 1. The van der Waals surface area contributed by atoms with Gasteiger partial charge in [0.2, 0.25) is 0 Å². The number of carboxylic acid groups (broad SMARTS) is 2. The Kier molecular flexibility index (Phi) is 5.13. The van der Waals surface area contributed by atoms with Crippen molar-refractivity contribution >= 4 is 17.8 Å². The first-order valence-electron chi connectivity index (χ1n) is 7.02. The minimum Gasteiger partial charge on any atom is -0.493 e. The predicted octanol–water partition coefficient (Wildman–Crippen LogP) is 0.931. The van der Waals surface area contributed by atoms with Gasteiger partial charge in [-0.25, -0.2) is 9.59 Å². The van der Waals surface area contributed by atoms with Gasteiger partial charge in [0.15, 0.2) is 18.1 Å². The third-order valence-corrected chi connectivity index (χ3v) is 3.42. The Hall–Kier alpha value is -4.00. The van der Waals surface area contributed by atoms with Gasteiger partial charge in [0.1, 0.15) is 23.0 Å². The lowest BCUT2D eigenvalue weighted by molar-refractivity contribution is 0.0695. The largest absolute Gasteiger partial charge is 0.493 e. The summed E-state index contributed by atoms with van der Waals surface area (Å²) in [5.41, 5.74) is 2.90. The van der Waals surface area contributed by atoms with Gasteiger partial charge in [-0.3, -0.25) is 4.79 Å². The Morgan fingerprint density at radius 2 is 1.88 bits per heavy atom. The van der Waals surface area contributed by atoms with E-state index in [4.69, 9.17) is 20.5 Å². The number of aromatic nitrogens is 1. The summed E-state index contributed by atoms with van der Waals surface area (Å²) in [6.45, 7) is -0.256. The van der Waals surface area contributed by atoms with Crippen LogP contribution in [-0.4, -0.2) is 40.9 Å². The quantitative estimate of drug-likeness (QED) is 0.584. The number of methoxy groups -OCH3 is 1. The van der Waals surface area contributed by atoms with Gasteiger partial charge in [-0.05, 0) is 17.7 Å². The van der Waals surface area contributed by atoms with E-state index in [0.29, 0.717) is 0 Å². The number of carboxylic acids is 2. The van der Waals surface area contributed by atoms with Crippen molar-refractivity contribution in [2.45, 2.75) is 0 Å². The van der Waals surface area contributed by atoms with Crippen LogP contribution < -0.4 is 20.8 Å². The van der Waals surface area contributed by atoms with E-state index in [2.05, 4.69) is 0 Å². The zero-order valence-corrected chi connectivity index (χ0v) is 13.4. The average Bonchev–Trinajstić information content (AvgIpc) is 2.58. The van der Waals surface area contributed by atoms with Gasteiger partial charge in [0.05, 0.1) is 7.11 Å². The molecule has 0 aliphatic heterocycles. The van der Waals surface area contributed by atoms with Crippen LogP contribution in [0.2, 0.25) is 0 Å². The van der Waals surface area contributed by atoms with Crippen LogP contribution in [0.1, 0.15) is 20.7 Å². The molecule has 0 aliphatic rings. The van der Waals surface area contributed by atoms with Gasteiger partial charge in [0, 0.05) is 5.56 Å². The molecular formula is C16H13N3O7. The molecule has 134 valence electrons. The summed E-state index contributed by atoms with van der Waals surface area (Å²) in [4.78, 5) is 37.1. The van der Waals surface area contributed by atoms with Gasteiger partial charge in [-0.2, -0.15) is 5.26 Å². The number of rotatable bonds is 6. The molecule has 0 amide bonds. The lowest BCUT2D eigenvalue weighted by Gasteiger charge is -2.14. The number of pyridine rings is 1. The second-order valence-electron chi connectivity index (χ2n) is 4.92. The zero-order valence-electron chi connectivity index (χ0n) is 13.4. The number of anilines is 1. The summed E-state index contributed by atoms with van der Waals surface area (Å²) in [6.07, 6.45) is 0. The number of benzene rings is 1. The molecule has 0 unspecified atom stereocenters. The second kappa shape index (κ2) is 7.27. The summed E-state index contributed by atoms with van der Waals surface area (Å²) < 4.78 is 10.3. The molecule has 2 rings (SSSR count). The smallest absolute Gasteiger partial charge is 0.342 e. The van der Waals surface area contributed by atoms with E-state index in [1.165, 1.54) is 25.3 Å². The van der Waals surface area contributed by atoms with E-state index in [9.17, 15) is 24.6 Å². The highest BCUT2D eigenvalue weighted by atomic mass is 16.5. The van der Waals surface area contributed by atoms with Crippen molar-refractivity contribution < 1.29 is 29.3 Å². The number of aromatic amines is 1. The van der Waals surface area contributed by atoms with Crippen LogP contribution in [0.4, 0.5) is 5.82 Å². The first-order chi connectivity index (χ1) is 12.3. The van der Waals surface area contributed by atoms with E-state index in [-0.39, 0.29) is 29.2 Å². The fourth-order valence-corrected chi connectivity index (χ4v) is 2.39. The molecule has 10 nitrogen and oxygen atoms in total. The molecule has 1 aromatic heterocycles. The lowest BCUT2D eigenvalue weighted by Crippen LogP contribution is -2.24. The minimum absolute atomic E-state index is 0.0683.